The molecule has 5 heteroatoms. The molecule has 0 saturated heterocycles. The molecule has 0 radical (unpaired) electrons. The van der Waals surface area contributed by atoms with Gasteiger partial charge in [0.1, 0.15) is 0 Å². The fraction of sp³-hybridized carbons (Fsp3) is 0.222. The number of rotatable bonds is 2. The highest BCUT2D eigenvalue weighted by molar-refractivity contribution is 7.98. The summed E-state index contributed by atoms with van der Waals surface area (Å²) >= 11 is 3.20. The Morgan fingerprint density at radius 2 is 2.21 bits per heavy atom. The molecular weight excluding hydrogens is 214 g/mol. The molecule has 0 bridgehead atoms. The van der Waals surface area contributed by atoms with Gasteiger partial charge in [0.2, 0.25) is 0 Å². The third kappa shape index (κ3) is 1.93. The molecule has 0 atom stereocenters. The SMILES string of the molecule is CSc1nccc(-c2cnc(C)s2)n1. The second-order valence-electron chi connectivity index (χ2n) is 2.67. The van der Waals surface area contributed by atoms with Crippen molar-refractivity contribution in [2.45, 2.75) is 12.1 Å². The number of hydrogen-bond donors (Lipinski definition) is 0. The maximum atomic E-state index is 4.40. The van der Waals surface area contributed by atoms with E-state index < -0.39 is 0 Å². The summed E-state index contributed by atoms with van der Waals surface area (Å²) in [5.74, 6) is 0. The van der Waals surface area contributed by atoms with E-state index in [1.807, 2.05) is 25.4 Å². The molecule has 0 unspecified atom stereocenters. The molecule has 2 rings (SSSR count). The summed E-state index contributed by atoms with van der Waals surface area (Å²) < 4.78 is 0. The van der Waals surface area contributed by atoms with Gasteiger partial charge in [0.25, 0.3) is 0 Å². The fourth-order valence-corrected chi connectivity index (χ4v) is 2.16. The largest absolute Gasteiger partial charge is 0.249 e. The highest BCUT2D eigenvalue weighted by Crippen LogP contribution is 2.24. The number of hydrogen-bond acceptors (Lipinski definition) is 5. The van der Waals surface area contributed by atoms with Crippen molar-refractivity contribution in [2.24, 2.45) is 0 Å². The lowest BCUT2D eigenvalue weighted by Crippen LogP contribution is -1.86. The van der Waals surface area contributed by atoms with E-state index in [-0.39, 0.29) is 0 Å². The number of nitrogens with zero attached hydrogens (tertiary/aromatic N) is 3. The van der Waals surface area contributed by atoms with Crippen LogP contribution >= 0.6 is 23.1 Å². The molecule has 3 nitrogen and oxygen atoms in total. The van der Waals surface area contributed by atoms with Gasteiger partial charge in [-0.25, -0.2) is 15.0 Å². The van der Waals surface area contributed by atoms with Crippen molar-refractivity contribution < 1.29 is 0 Å². The van der Waals surface area contributed by atoms with Crippen LogP contribution in [0.25, 0.3) is 10.6 Å². The van der Waals surface area contributed by atoms with Crippen molar-refractivity contribution in [1.29, 1.82) is 0 Å². The Labute approximate surface area is 90.6 Å². The second-order valence-corrected chi connectivity index (χ2v) is 4.68. The minimum absolute atomic E-state index is 0.800. The number of thioether (sulfide) groups is 1. The van der Waals surface area contributed by atoms with Crippen molar-refractivity contribution in [2.75, 3.05) is 6.26 Å². The molecule has 2 aromatic heterocycles. The van der Waals surface area contributed by atoms with Gasteiger partial charge in [0.05, 0.1) is 15.6 Å². The molecule has 2 aromatic rings. The minimum Gasteiger partial charge on any atom is -0.249 e. The molecule has 0 saturated carbocycles. The standard InChI is InChI=1S/C9H9N3S2/c1-6-11-5-8(14-6)7-3-4-10-9(12-7)13-2/h3-5H,1-2H3. The zero-order chi connectivity index (χ0) is 9.97. The van der Waals surface area contributed by atoms with Gasteiger partial charge in [-0.3, -0.25) is 0 Å². The molecule has 0 aromatic carbocycles. The molecule has 0 N–H and O–H groups in total. The summed E-state index contributed by atoms with van der Waals surface area (Å²) in [6, 6.07) is 1.91. The number of aromatic nitrogens is 3. The topological polar surface area (TPSA) is 38.7 Å². The first-order valence-corrected chi connectivity index (χ1v) is 6.13. The zero-order valence-corrected chi connectivity index (χ0v) is 9.52. The minimum atomic E-state index is 0.800. The molecule has 0 amide bonds. The van der Waals surface area contributed by atoms with Crippen LogP contribution in [0.15, 0.2) is 23.6 Å². The van der Waals surface area contributed by atoms with Crippen molar-refractivity contribution in [1.82, 2.24) is 15.0 Å². The predicted molar refractivity (Wildman–Crippen MR) is 59.7 cm³/mol. The smallest absolute Gasteiger partial charge is 0.187 e. The molecule has 72 valence electrons. The van der Waals surface area contributed by atoms with Gasteiger partial charge in [-0.05, 0) is 19.2 Å². The van der Waals surface area contributed by atoms with Crippen LogP contribution in [-0.4, -0.2) is 21.2 Å². The van der Waals surface area contributed by atoms with E-state index in [0.29, 0.717) is 0 Å². The van der Waals surface area contributed by atoms with E-state index >= 15 is 0 Å². The molecular formula is C9H9N3S2. The molecule has 0 aliphatic carbocycles. The van der Waals surface area contributed by atoms with E-state index in [4.69, 9.17) is 0 Å². The van der Waals surface area contributed by atoms with Crippen molar-refractivity contribution in [3.8, 4) is 10.6 Å². The van der Waals surface area contributed by atoms with Crippen LogP contribution in [0.5, 0.6) is 0 Å². The molecule has 2 heterocycles. The van der Waals surface area contributed by atoms with Crippen molar-refractivity contribution >= 4 is 23.1 Å². The zero-order valence-electron chi connectivity index (χ0n) is 7.89. The molecule has 14 heavy (non-hydrogen) atoms. The van der Waals surface area contributed by atoms with Crippen LogP contribution in [0.4, 0.5) is 0 Å². The Kier molecular flexibility index (Phi) is 2.79. The lowest BCUT2D eigenvalue weighted by Gasteiger charge is -1.97. The van der Waals surface area contributed by atoms with Crippen LogP contribution < -0.4 is 0 Å². The Balaban J connectivity index is 2.41. The molecule has 0 spiro atoms. The Morgan fingerprint density at radius 3 is 2.86 bits per heavy atom. The van der Waals surface area contributed by atoms with E-state index in [1.54, 1.807) is 29.3 Å². The van der Waals surface area contributed by atoms with Crippen LogP contribution in [0.1, 0.15) is 5.01 Å². The summed E-state index contributed by atoms with van der Waals surface area (Å²) in [7, 11) is 0. The summed E-state index contributed by atoms with van der Waals surface area (Å²) in [5.41, 5.74) is 0.954. The summed E-state index contributed by atoms with van der Waals surface area (Å²) in [4.78, 5) is 13.8. The van der Waals surface area contributed by atoms with Crippen molar-refractivity contribution in [3.05, 3.63) is 23.5 Å². The maximum absolute atomic E-state index is 4.40. The fourth-order valence-electron chi connectivity index (χ4n) is 1.06. The predicted octanol–water partition coefficient (Wildman–Crippen LogP) is 2.63. The highest BCUT2D eigenvalue weighted by Gasteiger charge is 2.04. The maximum Gasteiger partial charge on any atom is 0.187 e. The van der Waals surface area contributed by atoms with E-state index in [1.165, 1.54) is 0 Å². The Hall–Kier alpha value is -0.940. The van der Waals surface area contributed by atoms with Gasteiger partial charge in [0, 0.05) is 12.4 Å². The van der Waals surface area contributed by atoms with Gasteiger partial charge in [-0.2, -0.15) is 0 Å². The van der Waals surface area contributed by atoms with E-state index in [2.05, 4.69) is 15.0 Å². The van der Waals surface area contributed by atoms with Crippen LogP contribution in [-0.2, 0) is 0 Å². The van der Waals surface area contributed by atoms with Gasteiger partial charge in [0.15, 0.2) is 5.16 Å². The highest BCUT2D eigenvalue weighted by atomic mass is 32.2. The van der Waals surface area contributed by atoms with Gasteiger partial charge in [-0.15, -0.1) is 11.3 Å². The van der Waals surface area contributed by atoms with Crippen LogP contribution in [0.3, 0.4) is 0 Å². The number of aryl methyl sites for hydroxylation is 1. The normalized spacial score (nSPS) is 10.4. The molecule has 0 aliphatic heterocycles. The van der Waals surface area contributed by atoms with Gasteiger partial charge < -0.3 is 0 Å². The average Bonchev–Trinajstić information content (AvgIpc) is 2.65. The number of thiazole rings is 1. The first-order valence-electron chi connectivity index (χ1n) is 4.09. The first-order chi connectivity index (χ1) is 6.79. The Bertz CT molecular complexity index is 439. The monoisotopic (exact) mass is 223 g/mol. The van der Waals surface area contributed by atoms with E-state index in [0.717, 1.165) is 20.7 Å². The Morgan fingerprint density at radius 1 is 1.36 bits per heavy atom. The molecule has 0 aliphatic rings. The summed E-state index contributed by atoms with van der Waals surface area (Å²) in [5, 5.41) is 1.86. The third-order valence-electron chi connectivity index (χ3n) is 1.69. The molecule has 0 fully saturated rings. The second kappa shape index (κ2) is 4.06. The lowest BCUT2D eigenvalue weighted by atomic mass is 10.4. The van der Waals surface area contributed by atoms with Crippen molar-refractivity contribution in [3.63, 3.8) is 0 Å². The summed E-state index contributed by atoms with van der Waals surface area (Å²) in [6.07, 6.45) is 5.60. The third-order valence-corrected chi connectivity index (χ3v) is 3.19. The van der Waals surface area contributed by atoms with Gasteiger partial charge >= 0.3 is 0 Å². The quantitative estimate of drug-likeness (QED) is 0.579. The average molecular weight is 223 g/mol. The first kappa shape index (κ1) is 9.61. The lowest BCUT2D eigenvalue weighted by molar-refractivity contribution is 0.978. The van der Waals surface area contributed by atoms with Gasteiger partial charge in [-0.1, -0.05) is 11.8 Å². The van der Waals surface area contributed by atoms with Crippen LogP contribution in [0.2, 0.25) is 0 Å². The van der Waals surface area contributed by atoms with Crippen LogP contribution in [0, 0.1) is 6.92 Å². The summed E-state index contributed by atoms with van der Waals surface area (Å²) in [6.45, 7) is 1.99. The van der Waals surface area contributed by atoms with E-state index in [9.17, 15) is 0 Å².